The molecular formula is C13H16N4O2. The smallest absolute Gasteiger partial charge is 0.308 e. The van der Waals surface area contributed by atoms with Crippen molar-refractivity contribution in [3.63, 3.8) is 0 Å². The van der Waals surface area contributed by atoms with Gasteiger partial charge in [-0.2, -0.15) is 10.4 Å². The van der Waals surface area contributed by atoms with E-state index < -0.39 is 11.9 Å². The van der Waals surface area contributed by atoms with Gasteiger partial charge in [-0.05, 0) is 32.3 Å². The van der Waals surface area contributed by atoms with Crippen LogP contribution in [0.1, 0.15) is 36.1 Å². The third kappa shape index (κ3) is 2.50. The minimum absolute atomic E-state index is 0.180. The monoisotopic (exact) mass is 260 g/mol. The fourth-order valence-electron chi connectivity index (χ4n) is 2.45. The quantitative estimate of drug-likeness (QED) is 0.857. The Labute approximate surface area is 111 Å². The molecule has 1 saturated carbocycles. The van der Waals surface area contributed by atoms with E-state index in [0.29, 0.717) is 23.5 Å². The molecule has 6 nitrogen and oxygen atoms in total. The van der Waals surface area contributed by atoms with E-state index in [1.54, 1.807) is 6.92 Å². The van der Waals surface area contributed by atoms with Gasteiger partial charge in [0.2, 0.25) is 0 Å². The van der Waals surface area contributed by atoms with Crippen molar-refractivity contribution in [1.82, 2.24) is 10.2 Å². The third-order valence-corrected chi connectivity index (χ3v) is 3.72. The first-order chi connectivity index (χ1) is 9.04. The molecule has 0 aromatic carbocycles. The van der Waals surface area contributed by atoms with Gasteiger partial charge in [-0.25, -0.2) is 0 Å². The molecule has 6 heteroatoms. The Kier molecular flexibility index (Phi) is 3.65. The van der Waals surface area contributed by atoms with Crippen molar-refractivity contribution < 1.29 is 9.90 Å². The van der Waals surface area contributed by atoms with Crippen LogP contribution < -0.4 is 5.32 Å². The van der Waals surface area contributed by atoms with Crippen LogP contribution in [0.5, 0.6) is 0 Å². The number of nitrogens with zero attached hydrogens (tertiary/aromatic N) is 3. The first-order valence-electron chi connectivity index (χ1n) is 6.28. The Hall–Kier alpha value is -2.16. The second-order valence-corrected chi connectivity index (χ2v) is 4.87. The number of nitriles is 1. The molecule has 1 aliphatic carbocycles. The second kappa shape index (κ2) is 5.22. The SMILES string of the molecule is Cc1nnc(NC2CCCC2C(=O)O)c(C#N)c1C. The van der Waals surface area contributed by atoms with Crippen molar-refractivity contribution >= 4 is 11.8 Å². The fourth-order valence-corrected chi connectivity index (χ4v) is 2.45. The Morgan fingerprint density at radius 1 is 1.42 bits per heavy atom. The first kappa shape index (κ1) is 13.3. The number of aliphatic carboxylic acids is 1. The Morgan fingerprint density at radius 3 is 2.79 bits per heavy atom. The Bertz CT molecular complexity index is 550. The maximum atomic E-state index is 11.1. The van der Waals surface area contributed by atoms with Crippen LogP contribution in [0.25, 0.3) is 0 Å². The zero-order chi connectivity index (χ0) is 14.0. The summed E-state index contributed by atoms with van der Waals surface area (Å²) in [4.78, 5) is 11.1. The molecule has 0 bridgehead atoms. The summed E-state index contributed by atoms with van der Waals surface area (Å²) in [7, 11) is 0. The molecule has 0 amide bonds. The molecule has 1 aliphatic rings. The summed E-state index contributed by atoms with van der Waals surface area (Å²) in [6, 6.07) is 1.93. The van der Waals surface area contributed by atoms with Gasteiger partial charge in [0.1, 0.15) is 11.6 Å². The molecule has 1 fully saturated rings. The number of anilines is 1. The average Bonchev–Trinajstić information content (AvgIpc) is 2.82. The van der Waals surface area contributed by atoms with Crippen LogP contribution >= 0.6 is 0 Å². The van der Waals surface area contributed by atoms with Gasteiger partial charge in [-0.15, -0.1) is 5.10 Å². The lowest BCUT2D eigenvalue weighted by Crippen LogP contribution is -2.30. The molecular weight excluding hydrogens is 244 g/mol. The topological polar surface area (TPSA) is 98.9 Å². The van der Waals surface area contributed by atoms with Crippen LogP contribution in [0.3, 0.4) is 0 Å². The number of carboxylic acid groups (broad SMARTS) is 1. The summed E-state index contributed by atoms with van der Waals surface area (Å²) in [5.74, 6) is -0.830. The van der Waals surface area contributed by atoms with E-state index in [1.165, 1.54) is 0 Å². The molecule has 0 spiro atoms. The van der Waals surface area contributed by atoms with E-state index in [9.17, 15) is 10.1 Å². The van der Waals surface area contributed by atoms with E-state index in [4.69, 9.17) is 5.11 Å². The molecule has 1 heterocycles. The van der Waals surface area contributed by atoms with Crippen LogP contribution in [-0.4, -0.2) is 27.3 Å². The zero-order valence-electron chi connectivity index (χ0n) is 11.0. The van der Waals surface area contributed by atoms with Crippen LogP contribution in [-0.2, 0) is 4.79 Å². The highest BCUT2D eigenvalue weighted by molar-refractivity contribution is 5.72. The molecule has 100 valence electrons. The molecule has 2 N–H and O–H groups in total. The minimum Gasteiger partial charge on any atom is -0.481 e. The molecule has 2 unspecified atom stereocenters. The number of hydrogen-bond acceptors (Lipinski definition) is 5. The van der Waals surface area contributed by atoms with Crippen molar-refractivity contribution in [3.8, 4) is 6.07 Å². The highest BCUT2D eigenvalue weighted by atomic mass is 16.4. The van der Waals surface area contributed by atoms with Gasteiger partial charge < -0.3 is 10.4 Å². The van der Waals surface area contributed by atoms with Gasteiger partial charge in [0.05, 0.1) is 11.6 Å². The van der Waals surface area contributed by atoms with Crippen molar-refractivity contribution in [1.29, 1.82) is 5.26 Å². The van der Waals surface area contributed by atoms with Crippen molar-refractivity contribution in [2.75, 3.05) is 5.32 Å². The van der Waals surface area contributed by atoms with Gasteiger partial charge in [-0.3, -0.25) is 4.79 Å². The second-order valence-electron chi connectivity index (χ2n) is 4.87. The molecule has 2 atom stereocenters. The van der Waals surface area contributed by atoms with Crippen LogP contribution in [0.2, 0.25) is 0 Å². The molecule has 19 heavy (non-hydrogen) atoms. The number of rotatable bonds is 3. The summed E-state index contributed by atoms with van der Waals surface area (Å²) in [5.41, 5.74) is 1.94. The van der Waals surface area contributed by atoms with Crippen molar-refractivity contribution in [3.05, 3.63) is 16.8 Å². The normalized spacial score (nSPS) is 21.9. The summed E-state index contributed by atoms with van der Waals surface area (Å²) in [6.07, 6.45) is 2.30. The van der Waals surface area contributed by atoms with Gasteiger partial charge in [-0.1, -0.05) is 6.42 Å². The predicted octanol–water partition coefficient (Wildman–Crippen LogP) is 1.63. The lowest BCUT2D eigenvalue weighted by atomic mass is 10.0. The van der Waals surface area contributed by atoms with Crippen molar-refractivity contribution in [2.24, 2.45) is 5.92 Å². The van der Waals surface area contributed by atoms with Gasteiger partial charge in [0.25, 0.3) is 0 Å². The van der Waals surface area contributed by atoms with Crippen LogP contribution in [0.4, 0.5) is 5.82 Å². The van der Waals surface area contributed by atoms with Gasteiger partial charge >= 0.3 is 5.97 Å². The summed E-state index contributed by atoms with van der Waals surface area (Å²) in [5, 5.41) is 29.4. The third-order valence-electron chi connectivity index (χ3n) is 3.72. The molecule has 2 rings (SSSR count). The number of aromatic nitrogens is 2. The molecule has 0 aliphatic heterocycles. The number of carbonyl (C=O) groups is 1. The first-order valence-corrected chi connectivity index (χ1v) is 6.28. The lowest BCUT2D eigenvalue weighted by molar-refractivity contribution is -0.141. The molecule has 0 saturated heterocycles. The van der Waals surface area contributed by atoms with E-state index >= 15 is 0 Å². The summed E-state index contributed by atoms with van der Waals surface area (Å²) >= 11 is 0. The number of hydrogen-bond donors (Lipinski definition) is 2. The highest BCUT2D eigenvalue weighted by Gasteiger charge is 2.33. The average molecular weight is 260 g/mol. The van der Waals surface area contributed by atoms with E-state index in [1.807, 2.05) is 6.92 Å². The molecule has 1 aromatic heterocycles. The van der Waals surface area contributed by atoms with Crippen LogP contribution in [0, 0.1) is 31.1 Å². The van der Waals surface area contributed by atoms with Crippen LogP contribution in [0.15, 0.2) is 0 Å². The maximum absolute atomic E-state index is 11.1. The van der Waals surface area contributed by atoms with Crippen molar-refractivity contribution in [2.45, 2.75) is 39.2 Å². The fraction of sp³-hybridized carbons (Fsp3) is 0.538. The number of carboxylic acids is 1. The summed E-state index contributed by atoms with van der Waals surface area (Å²) < 4.78 is 0. The number of aryl methyl sites for hydroxylation is 1. The standard InChI is InChI=1S/C13H16N4O2/c1-7-8(2)16-17-12(10(7)6-14)15-11-5-3-4-9(11)13(18)19/h9,11H,3-5H2,1-2H3,(H,15,17)(H,18,19). The Morgan fingerprint density at radius 2 is 2.16 bits per heavy atom. The largest absolute Gasteiger partial charge is 0.481 e. The predicted molar refractivity (Wildman–Crippen MR) is 68.6 cm³/mol. The molecule has 0 radical (unpaired) electrons. The Balaban J connectivity index is 2.27. The zero-order valence-corrected chi connectivity index (χ0v) is 11.0. The summed E-state index contributed by atoms with van der Waals surface area (Å²) in [6.45, 7) is 3.61. The minimum atomic E-state index is -0.801. The van der Waals surface area contributed by atoms with Gasteiger partial charge in [0, 0.05) is 6.04 Å². The lowest BCUT2D eigenvalue weighted by Gasteiger charge is -2.19. The molecule has 1 aromatic rings. The van der Waals surface area contributed by atoms with E-state index in [0.717, 1.165) is 18.4 Å². The number of nitrogens with one attached hydrogen (secondary N) is 1. The maximum Gasteiger partial charge on any atom is 0.308 e. The highest BCUT2D eigenvalue weighted by Crippen LogP contribution is 2.29. The van der Waals surface area contributed by atoms with E-state index in [2.05, 4.69) is 21.6 Å². The van der Waals surface area contributed by atoms with Gasteiger partial charge in [0.15, 0.2) is 5.82 Å². The van der Waals surface area contributed by atoms with E-state index in [-0.39, 0.29) is 6.04 Å².